The number of likely N-dealkylation sites (tertiary alicyclic amines) is 1. The minimum absolute atomic E-state index is 0.0591. The summed E-state index contributed by atoms with van der Waals surface area (Å²) >= 11 is 9.43. The van der Waals surface area contributed by atoms with Crippen molar-refractivity contribution < 1.29 is 14.7 Å². The van der Waals surface area contributed by atoms with Crippen molar-refractivity contribution in [2.75, 3.05) is 13.1 Å². The van der Waals surface area contributed by atoms with Crippen LogP contribution in [0.25, 0.3) is 0 Å². The summed E-state index contributed by atoms with van der Waals surface area (Å²) in [7, 11) is 0. The Balaban J connectivity index is 2.15. The quantitative estimate of drug-likeness (QED) is 0.880. The molecule has 2 rings (SSSR count). The van der Waals surface area contributed by atoms with Crippen molar-refractivity contribution in [1.82, 2.24) is 4.90 Å². The van der Waals surface area contributed by atoms with Crippen molar-refractivity contribution in [2.45, 2.75) is 13.3 Å². The first kappa shape index (κ1) is 15.3. The van der Waals surface area contributed by atoms with Gasteiger partial charge in [-0.3, -0.25) is 9.59 Å². The molecule has 108 valence electrons. The Labute approximate surface area is 130 Å². The van der Waals surface area contributed by atoms with Crippen LogP contribution >= 0.6 is 27.5 Å². The van der Waals surface area contributed by atoms with Crippen molar-refractivity contribution in [3.05, 3.63) is 33.3 Å². The predicted octanol–water partition coefficient (Wildman–Crippen LogP) is 3.29. The maximum atomic E-state index is 12.5. The second kappa shape index (κ2) is 6.14. The van der Waals surface area contributed by atoms with E-state index in [0.717, 1.165) is 0 Å². The Morgan fingerprint density at radius 1 is 1.45 bits per heavy atom. The van der Waals surface area contributed by atoms with Gasteiger partial charge in [0.25, 0.3) is 5.91 Å². The number of carboxylic acid groups (broad SMARTS) is 1. The van der Waals surface area contributed by atoms with E-state index in [1.807, 2.05) is 6.92 Å². The number of nitrogens with zero attached hydrogens (tertiary/aromatic N) is 1. The van der Waals surface area contributed by atoms with Crippen molar-refractivity contribution in [2.24, 2.45) is 11.8 Å². The number of carbonyl (C=O) groups is 2. The van der Waals surface area contributed by atoms with E-state index in [1.165, 1.54) is 0 Å². The van der Waals surface area contributed by atoms with Gasteiger partial charge < -0.3 is 10.0 Å². The van der Waals surface area contributed by atoms with Gasteiger partial charge in [0.1, 0.15) is 0 Å². The summed E-state index contributed by atoms with van der Waals surface area (Å²) in [4.78, 5) is 25.2. The van der Waals surface area contributed by atoms with Gasteiger partial charge in [-0.15, -0.1) is 0 Å². The van der Waals surface area contributed by atoms with Gasteiger partial charge >= 0.3 is 5.97 Å². The number of hydrogen-bond acceptors (Lipinski definition) is 2. The molecule has 1 amide bonds. The molecule has 1 aromatic rings. The van der Waals surface area contributed by atoms with Gasteiger partial charge in [0.15, 0.2) is 0 Å². The SMILES string of the molecule is CC1CN(C(=O)c2cccc(Br)c2Cl)CCC1C(=O)O. The first-order valence-electron chi connectivity index (χ1n) is 6.38. The van der Waals surface area contributed by atoms with Gasteiger partial charge in [0.05, 0.1) is 16.5 Å². The van der Waals surface area contributed by atoms with Crippen molar-refractivity contribution in [3.8, 4) is 0 Å². The van der Waals surface area contributed by atoms with E-state index in [1.54, 1.807) is 23.1 Å². The van der Waals surface area contributed by atoms with Crippen LogP contribution in [0.2, 0.25) is 5.02 Å². The Hall–Kier alpha value is -1.07. The van der Waals surface area contributed by atoms with Crippen LogP contribution < -0.4 is 0 Å². The fourth-order valence-electron chi connectivity index (χ4n) is 2.54. The van der Waals surface area contributed by atoms with Crippen molar-refractivity contribution in [3.63, 3.8) is 0 Å². The zero-order valence-electron chi connectivity index (χ0n) is 11.0. The molecule has 4 nitrogen and oxygen atoms in total. The lowest BCUT2D eigenvalue weighted by molar-refractivity contribution is -0.145. The van der Waals surface area contributed by atoms with Crippen LogP contribution in [0.3, 0.4) is 0 Å². The lowest BCUT2D eigenvalue weighted by Gasteiger charge is -2.35. The van der Waals surface area contributed by atoms with E-state index in [2.05, 4.69) is 15.9 Å². The number of carboxylic acids is 1. The fraction of sp³-hybridized carbons (Fsp3) is 0.429. The van der Waals surface area contributed by atoms with Crippen LogP contribution in [-0.2, 0) is 4.79 Å². The molecule has 0 aliphatic carbocycles. The molecule has 1 aliphatic heterocycles. The topological polar surface area (TPSA) is 57.6 Å². The van der Waals surface area contributed by atoms with Crippen LogP contribution in [0.5, 0.6) is 0 Å². The number of halogens is 2. The summed E-state index contributed by atoms with van der Waals surface area (Å²) in [6.07, 6.45) is 0.480. The maximum absolute atomic E-state index is 12.5. The largest absolute Gasteiger partial charge is 0.481 e. The molecule has 0 radical (unpaired) electrons. The lowest BCUT2D eigenvalue weighted by atomic mass is 9.87. The summed E-state index contributed by atoms with van der Waals surface area (Å²) in [5.41, 5.74) is 0.446. The summed E-state index contributed by atoms with van der Waals surface area (Å²) in [5, 5.41) is 9.49. The second-order valence-corrected chi connectivity index (χ2v) is 6.30. The van der Waals surface area contributed by atoms with Gasteiger partial charge in [0, 0.05) is 17.6 Å². The van der Waals surface area contributed by atoms with Crippen molar-refractivity contribution >= 4 is 39.4 Å². The van der Waals surface area contributed by atoms with Crippen LogP contribution in [0.4, 0.5) is 0 Å². The van der Waals surface area contributed by atoms with E-state index in [-0.39, 0.29) is 17.7 Å². The molecule has 1 N–H and O–H groups in total. The van der Waals surface area contributed by atoms with Crippen LogP contribution in [0, 0.1) is 11.8 Å². The van der Waals surface area contributed by atoms with Crippen molar-refractivity contribution in [1.29, 1.82) is 0 Å². The first-order valence-corrected chi connectivity index (χ1v) is 7.55. The molecule has 20 heavy (non-hydrogen) atoms. The molecule has 2 atom stereocenters. The number of piperidine rings is 1. The zero-order chi connectivity index (χ0) is 14.9. The lowest BCUT2D eigenvalue weighted by Crippen LogP contribution is -2.45. The van der Waals surface area contributed by atoms with E-state index < -0.39 is 5.97 Å². The summed E-state index contributed by atoms with van der Waals surface area (Å²) in [6.45, 7) is 2.75. The third kappa shape index (κ3) is 2.99. The first-order chi connectivity index (χ1) is 9.41. The van der Waals surface area contributed by atoms with Gasteiger partial charge in [-0.05, 0) is 40.4 Å². The highest BCUT2D eigenvalue weighted by Crippen LogP contribution is 2.29. The molecule has 1 aromatic carbocycles. The van der Waals surface area contributed by atoms with Gasteiger partial charge in [-0.1, -0.05) is 24.6 Å². The third-order valence-electron chi connectivity index (χ3n) is 3.69. The number of hydrogen-bond donors (Lipinski definition) is 1. The Morgan fingerprint density at radius 3 is 2.75 bits per heavy atom. The predicted molar refractivity (Wildman–Crippen MR) is 80.0 cm³/mol. The number of rotatable bonds is 2. The molecular formula is C14H15BrClNO3. The van der Waals surface area contributed by atoms with E-state index in [4.69, 9.17) is 16.7 Å². The summed E-state index contributed by atoms with van der Waals surface area (Å²) < 4.78 is 0.679. The number of benzene rings is 1. The van der Waals surface area contributed by atoms with E-state index in [0.29, 0.717) is 34.6 Å². The molecule has 2 unspecified atom stereocenters. The standard InChI is InChI=1S/C14H15BrClNO3/c1-8-7-17(6-5-9(8)14(19)20)13(18)10-3-2-4-11(15)12(10)16/h2-4,8-9H,5-7H2,1H3,(H,19,20). The molecule has 1 heterocycles. The summed E-state index contributed by atoms with van der Waals surface area (Å²) in [6, 6.07) is 5.22. The third-order valence-corrected chi connectivity index (χ3v) is 4.99. The molecule has 0 aromatic heterocycles. The Kier molecular flexibility index (Phi) is 4.70. The Bertz CT molecular complexity index is 549. The highest BCUT2D eigenvalue weighted by atomic mass is 79.9. The molecule has 1 fully saturated rings. The Morgan fingerprint density at radius 2 is 2.15 bits per heavy atom. The molecule has 0 spiro atoms. The average molecular weight is 361 g/mol. The van der Waals surface area contributed by atoms with Gasteiger partial charge in [-0.25, -0.2) is 0 Å². The monoisotopic (exact) mass is 359 g/mol. The molecule has 1 saturated heterocycles. The minimum atomic E-state index is -0.787. The van der Waals surface area contributed by atoms with E-state index >= 15 is 0 Å². The smallest absolute Gasteiger partial charge is 0.306 e. The average Bonchev–Trinajstić information content (AvgIpc) is 2.40. The number of carbonyl (C=O) groups excluding carboxylic acids is 1. The van der Waals surface area contributed by atoms with Crippen LogP contribution in [0.15, 0.2) is 22.7 Å². The fourth-order valence-corrected chi connectivity index (χ4v) is 3.11. The minimum Gasteiger partial charge on any atom is -0.481 e. The molecule has 0 bridgehead atoms. The van der Waals surface area contributed by atoms with E-state index in [9.17, 15) is 9.59 Å². The highest BCUT2D eigenvalue weighted by Gasteiger charge is 2.33. The number of amides is 1. The number of aliphatic carboxylic acids is 1. The molecule has 1 aliphatic rings. The molecule has 0 saturated carbocycles. The van der Waals surface area contributed by atoms with Crippen LogP contribution in [0.1, 0.15) is 23.7 Å². The van der Waals surface area contributed by atoms with Gasteiger partial charge in [-0.2, -0.15) is 0 Å². The highest BCUT2D eigenvalue weighted by molar-refractivity contribution is 9.10. The summed E-state index contributed by atoms with van der Waals surface area (Å²) in [5.74, 6) is -1.37. The zero-order valence-corrected chi connectivity index (χ0v) is 13.3. The van der Waals surface area contributed by atoms with Crippen LogP contribution in [-0.4, -0.2) is 35.0 Å². The van der Waals surface area contributed by atoms with Gasteiger partial charge in [0.2, 0.25) is 0 Å². The normalized spacial score (nSPS) is 22.6. The maximum Gasteiger partial charge on any atom is 0.306 e. The molecule has 6 heteroatoms. The second-order valence-electron chi connectivity index (χ2n) is 5.06. The molecular weight excluding hydrogens is 346 g/mol.